The van der Waals surface area contributed by atoms with Crippen LogP contribution in [0.1, 0.15) is 69.2 Å². The molecule has 0 aliphatic heterocycles. The zero-order valence-corrected chi connectivity index (χ0v) is 11.4. The van der Waals surface area contributed by atoms with E-state index in [2.05, 4.69) is 62.0 Å². The highest BCUT2D eigenvalue weighted by molar-refractivity contribution is 5.17. The Morgan fingerprint density at radius 2 is 1.13 bits per heavy atom. The van der Waals surface area contributed by atoms with Crippen LogP contribution >= 0.6 is 0 Å². The molecular formula is C15H32. The molecule has 0 saturated heterocycles. The van der Waals surface area contributed by atoms with Crippen LogP contribution in [0.4, 0.5) is 0 Å². The number of rotatable bonds is 2. The summed E-state index contributed by atoms with van der Waals surface area (Å²) < 4.78 is 0. The zero-order chi connectivity index (χ0) is 11.8. The van der Waals surface area contributed by atoms with Crippen molar-refractivity contribution in [2.45, 2.75) is 69.2 Å². The van der Waals surface area contributed by atoms with Crippen LogP contribution in [-0.2, 0) is 0 Å². The minimum Gasteiger partial charge on any atom is -0.0993 e. The summed E-state index contributed by atoms with van der Waals surface area (Å²) in [6.45, 7) is 22.8. The van der Waals surface area contributed by atoms with Gasteiger partial charge in [-0.1, -0.05) is 75.0 Å². The molecule has 0 atom stereocenters. The van der Waals surface area contributed by atoms with Crippen molar-refractivity contribution < 1.29 is 0 Å². The van der Waals surface area contributed by atoms with Crippen molar-refractivity contribution >= 4 is 0 Å². The van der Waals surface area contributed by atoms with E-state index in [1.165, 1.54) is 5.57 Å². The van der Waals surface area contributed by atoms with Crippen LogP contribution in [0.25, 0.3) is 0 Å². The first-order valence-corrected chi connectivity index (χ1v) is 5.66. The smallest absolute Gasteiger partial charge is 0.00222 e. The molecule has 0 heteroatoms. The van der Waals surface area contributed by atoms with Crippen LogP contribution in [0, 0.1) is 16.2 Å². The van der Waals surface area contributed by atoms with Gasteiger partial charge in [-0.3, -0.25) is 0 Å². The predicted octanol–water partition coefficient (Wildman–Crippen LogP) is 5.69. The Morgan fingerprint density at radius 1 is 0.867 bits per heavy atom. The van der Waals surface area contributed by atoms with Gasteiger partial charge in [-0.05, 0) is 22.7 Å². The second-order valence-electron chi connectivity index (χ2n) is 6.58. The van der Waals surface area contributed by atoms with Gasteiger partial charge >= 0.3 is 0 Å². The maximum absolute atomic E-state index is 4.28. The molecule has 0 aromatic carbocycles. The SMILES string of the molecule is C.C=C(CC)C(C)(C(C)(C)C)C(C)(C)C. The van der Waals surface area contributed by atoms with Crippen molar-refractivity contribution in [1.29, 1.82) is 0 Å². The molecule has 0 fully saturated rings. The van der Waals surface area contributed by atoms with Crippen LogP contribution in [0.15, 0.2) is 12.2 Å². The van der Waals surface area contributed by atoms with E-state index in [-0.39, 0.29) is 23.7 Å². The third kappa shape index (κ3) is 2.86. The van der Waals surface area contributed by atoms with Gasteiger partial charge in [0.15, 0.2) is 0 Å². The maximum Gasteiger partial charge on any atom is -0.00222 e. The quantitative estimate of drug-likeness (QED) is 0.516. The molecule has 0 unspecified atom stereocenters. The molecule has 0 aromatic heterocycles. The third-order valence-corrected chi connectivity index (χ3v) is 4.13. The molecule has 0 aromatic rings. The van der Waals surface area contributed by atoms with Crippen molar-refractivity contribution in [2.75, 3.05) is 0 Å². The minimum absolute atomic E-state index is 0. The summed E-state index contributed by atoms with van der Waals surface area (Å²) in [5.74, 6) is 0. The van der Waals surface area contributed by atoms with E-state index in [1.54, 1.807) is 0 Å². The molecule has 0 rings (SSSR count). The van der Waals surface area contributed by atoms with E-state index in [0.29, 0.717) is 0 Å². The first-order valence-electron chi connectivity index (χ1n) is 5.66. The summed E-state index contributed by atoms with van der Waals surface area (Å²) in [7, 11) is 0. The molecule has 0 aliphatic carbocycles. The van der Waals surface area contributed by atoms with E-state index in [4.69, 9.17) is 0 Å². The van der Waals surface area contributed by atoms with Crippen molar-refractivity contribution in [3.63, 3.8) is 0 Å². The lowest BCUT2D eigenvalue weighted by Gasteiger charge is -2.53. The Hall–Kier alpha value is -0.260. The van der Waals surface area contributed by atoms with Crippen molar-refractivity contribution in [2.24, 2.45) is 16.2 Å². The average molecular weight is 212 g/mol. The second kappa shape index (κ2) is 4.72. The Morgan fingerprint density at radius 3 is 1.20 bits per heavy atom. The molecule has 0 amide bonds. The maximum atomic E-state index is 4.28. The summed E-state index contributed by atoms with van der Waals surface area (Å²) >= 11 is 0. The number of allylic oxidation sites excluding steroid dienone is 1. The molecule has 92 valence electrons. The Bertz CT molecular complexity index is 193. The van der Waals surface area contributed by atoms with E-state index >= 15 is 0 Å². The lowest BCUT2D eigenvalue weighted by Crippen LogP contribution is -2.45. The fraction of sp³-hybridized carbons (Fsp3) is 0.867. The molecule has 0 radical (unpaired) electrons. The summed E-state index contributed by atoms with van der Waals surface area (Å²) in [6, 6.07) is 0. The van der Waals surface area contributed by atoms with Gasteiger partial charge in [0.2, 0.25) is 0 Å². The van der Waals surface area contributed by atoms with Gasteiger partial charge in [0.25, 0.3) is 0 Å². The van der Waals surface area contributed by atoms with Crippen molar-refractivity contribution in [3.8, 4) is 0 Å². The van der Waals surface area contributed by atoms with Gasteiger partial charge in [-0.25, -0.2) is 0 Å². The molecule has 0 bridgehead atoms. The number of hydrogen-bond acceptors (Lipinski definition) is 0. The van der Waals surface area contributed by atoms with Gasteiger partial charge in [0.05, 0.1) is 0 Å². The summed E-state index contributed by atoms with van der Waals surface area (Å²) in [4.78, 5) is 0. The predicted molar refractivity (Wildman–Crippen MR) is 73.2 cm³/mol. The molecule has 0 heterocycles. The van der Waals surface area contributed by atoms with Gasteiger partial charge in [0, 0.05) is 0 Å². The Labute approximate surface area is 98.2 Å². The second-order valence-corrected chi connectivity index (χ2v) is 6.58. The minimum atomic E-state index is 0. The fourth-order valence-electron chi connectivity index (χ4n) is 2.54. The molecule has 15 heavy (non-hydrogen) atoms. The van der Waals surface area contributed by atoms with E-state index in [0.717, 1.165) is 6.42 Å². The Balaban J connectivity index is 0. The third-order valence-electron chi connectivity index (χ3n) is 4.13. The van der Waals surface area contributed by atoms with Crippen LogP contribution < -0.4 is 0 Å². The van der Waals surface area contributed by atoms with Crippen LogP contribution in [-0.4, -0.2) is 0 Å². The average Bonchev–Trinajstić information content (AvgIpc) is 1.97. The highest BCUT2D eigenvalue weighted by atomic mass is 14.5. The molecule has 0 aliphatic rings. The summed E-state index contributed by atoms with van der Waals surface area (Å²) in [5.41, 5.74) is 2.09. The summed E-state index contributed by atoms with van der Waals surface area (Å²) in [5, 5.41) is 0. The van der Waals surface area contributed by atoms with Gasteiger partial charge in [0.1, 0.15) is 0 Å². The Kier molecular flexibility index (Phi) is 5.39. The largest absolute Gasteiger partial charge is 0.0993 e. The highest BCUT2D eigenvalue weighted by Crippen LogP contribution is 2.56. The van der Waals surface area contributed by atoms with Crippen LogP contribution in [0.2, 0.25) is 0 Å². The summed E-state index contributed by atoms with van der Waals surface area (Å²) in [6.07, 6.45) is 1.07. The van der Waals surface area contributed by atoms with E-state index in [1.807, 2.05) is 0 Å². The molecule has 0 spiro atoms. The topological polar surface area (TPSA) is 0 Å². The first-order chi connectivity index (χ1) is 5.98. The van der Waals surface area contributed by atoms with Gasteiger partial charge in [-0.15, -0.1) is 0 Å². The van der Waals surface area contributed by atoms with Crippen molar-refractivity contribution in [1.82, 2.24) is 0 Å². The van der Waals surface area contributed by atoms with E-state index < -0.39 is 0 Å². The molecular weight excluding hydrogens is 180 g/mol. The van der Waals surface area contributed by atoms with Crippen LogP contribution in [0.3, 0.4) is 0 Å². The van der Waals surface area contributed by atoms with Gasteiger partial charge in [-0.2, -0.15) is 0 Å². The fourth-order valence-corrected chi connectivity index (χ4v) is 2.54. The molecule has 0 N–H and O–H groups in total. The normalized spacial score (nSPS) is 13.3. The van der Waals surface area contributed by atoms with E-state index in [9.17, 15) is 0 Å². The zero-order valence-electron chi connectivity index (χ0n) is 11.4. The molecule has 0 saturated carbocycles. The first kappa shape index (κ1) is 17.1. The lowest BCUT2D eigenvalue weighted by molar-refractivity contribution is 0.0221. The van der Waals surface area contributed by atoms with Crippen molar-refractivity contribution in [3.05, 3.63) is 12.2 Å². The standard InChI is InChI=1S/C14H28.CH4/c1-10-11(2)14(9,12(3,4)5)13(6,7)8;/h2,10H2,1,3-9H3;1H4. The molecule has 0 nitrogen and oxygen atoms in total. The van der Waals surface area contributed by atoms with Crippen LogP contribution in [0.5, 0.6) is 0 Å². The van der Waals surface area contributed by atoms with Gasteiger partial charge < -0.3 is 0 Å². The monoisotopic (exact) mass is 212 g/mol. The number of hydrogen-bond donors (Lipinski definition) is 0. The lowest BCUT2D eigenvalue weighted by atomic mass is 9.52. The highest BCUT2D eigenvalue weighted by Gasteiger charge is 2.47.